The molecule has 0 radical (unpaired) electrons. The maximum absolute atomic E-state index is 11.5. The Labute approximate surface area is 136 Å². The first-order chi connectivity index (χ1) is 11.2. The zero-order valence-electron chi connectivity index (χ0n) is 13.0. The van der Waals surface area contributed by atoms with Crippen LogP contribution in [0.1, 0.15) is 36.8 Å². The highest BCUT2D eigenvalue weighted by Crippen LogP contribution is 2.38. The summed E-state index contributed by atoms with van der Waals surface area (Å²) in [7, 11) is 0. The first-order valence-corrected chi connectivity index (χ1v) is 7.92. The predicted molar refractivity (Wildman–Crippen MR) is 88.0 cm³/mol. The summed E-state index contributed by atoms with van der Waals surface area (Å²) in [5.41, 5.74) is 1.51. The standard InChI is InChI=1S/C20H19NO2/c21-15-20(11-9-18(22)10-12-20)17-7-4-8-19(13-17)23-14-16-5-2-1-3-6-16/h1-8,13H,9-12,14H2. The normalized spacial score (nSPS) is 16.6. The Morgan fingerprint density at radius 3 is 2.48 bits per heavy atom. The zero-order valence-corrected chi connectivity index (χ0v) is 13.0. The molecular weight excluding hydrogens is 286 g/mol. The summed E-state index contributed by atoms with van der Waals surface area (Å²) in [6, 6.07) is 20.2. The van der Waals surface area contributed by atoms with E-state index in [4.69, 9.17) is 4.74 Å². The smallest absolute Gasteiger partial charge is 0.133 e. The summed E-state index contributed by atoms with van der Waals surface area (Å²) < 4.78 is 5.86. The summed E-state index contributed by atoms with van der Waals surface area (Å²) in [6.45, 7) is 0.502. The summed E-state index contributed by atoms with van der Waals surface area (Å²) in [5, 5.41) is 9.68. The minimum absolute atomic E-state index is 0.257. The highest BCUT2D eigenvalue weighted by Gasteiger charge is 2.36. The maximum Gasteiger partial charge on any atom is 0.133 e. The van der Waals surface area contributed by atoms with Crippen LogP contribution >= 0.6 is 0 Å². The Bertz CT molecular complexity index is 721. The molecule has 1 fully saturated rings. The SMILES string of the molecule is N#CC1(c2cccc(OCc3ccccc3)c2)CCC(=O)CC1. The van der Waals surface area contributed by atoms with Gasteiger partial charge in [0, 0.05) is 12.8 Å². The van der Waals surface area contributed by atoms with E-state index in [1.807, 2.05) is 54.6 Å². The third-order valence-corrected chi connectivity index (χ3v) is 4.51. The van der Waals surface area contributed by atoms with E-state index in [-0.39, 0.29) is 5.78 Å². The van der Waals surface area contributed by atoms with E-state index in [2.05, 4.69) is 6.07 Å². The second-order valence-corrected chi connectivity index (χ2v) is 6.03. The maximum atomic E-state index is 11.5. The average molecular weight is 305 g/mol. The quantitative estimate of drug-likeness (QED) is 0.851. The fourth-order valence-corrected chi connectivity index (χ4v) is 3.05. The molecule has 0 bridgehead atoms. The number of nitriles is 1. The number of rotatable bonds is 4. The van der Waals surface area contributed by atoms with Gasteiger partial charge < -0.3 is 4.74 Å². The topological polar surface area (TPSA) is 50.1 Å². The molecule has 1 aliphatic carbocycles. The lowest BCUT2D eigenvalue weighted by molar-refractivity contribution is -0.120. The molecule has 0 atom stereocenters. The molecule has 0 saturated heterocycles. The minimum atomic E-state index is -0.556. The van der Waals surface area contributed by atoms with Crippen LogP contribution in [-0.4, -0.2) is 5.78 Å². The van der Waals surface area contributed by atoms with Crippen molar-refractivity contribution in [2.45, 2.75) is 37.7 Å². The molecule has 0 heterocycles. The van der Waals surface area contributed by atoms with E-state index in [0.29, 0.717) is 32.3 Å². The molecule has 1 saturated carbocycles. The summed E-state index contributed by atoms with van der Waals surface area (Å²) in [4.78, 5) is 11.5. The number of hydrogen-bond acceptors (Lipinski definition) is 3. The number of hydrogen-bond donors (Lipinski definition) is 0. The average Bonchev–Trinajstić information content (AvgIpc) is 2.62. The van der Waals surface area contributed by atoms with Gasteiger partial charge in [0.25, 0.3) is 0 Å². The Morgan fingerprint density at radius 1 is 1.04 bits per heavy atom. The van der Waals surface area contributed by atoms with Gasteiger partial charge in [0.05, 0.1) is 11.5 Å². The van der Waals surface area contributed by atoms with Gasteiger partial charge in [-0.15, -0.1) is 0 Å². The van der Waals surface area contributed by atoms with Crippen LogP contribution in [0.4, 0.5) is 0 Å². The third kappa shape index (κ3) is 3.43. The molecule has 0 aromatic heterocycles. The predicted octanol–water partition coefficient (Wildman–Crippen LogP) is 4.17. The lowest BCUT2D eigenvalue weighted by Gasteiger charge is -2.30. The van der Waals surface area contributed by atoms with Crippen molar-refractivity contribution in [3.8, 4) is 11.8 Å². The van der Waals surface area contributed by atoms with Crippen LogP contribution in [-0.2, 0) is 16.8 Å². The number of benzene rings is 2. The molecule has 1 aliphatic rings. The van der Waals surface area contributed by atoms with E-state index in [0.717, 1.165) is 16.9 Å². The molecule has 0 aliphatic heterocycles. The molecule has 2 aromatic rings. The molecule has 23 heavy (non-hydrogen) atoms. The van der Waals surface area contributed by atoms with Gasteiger partial charge in [0.15, 0.2) is 0 Å². The molecule has 116 valence electrons. The fourth-order valence-electron chi connectivity index (χ4n) is 3.05. The molecule has 3 rings (SSSR count). The first-order valence-electron chi connectivity index (χ1n) is 7.92. The Balaban J connectivity index is 1.76. The van der Waals surface area contributed by atoms with Crippen molar-refractivity contribution in [2.24, 2.45) is 0 Å². The lowest BCUT2D eigenvalue weighted by atomic mass is 9.70. The molecule has 3 heteroatoms. The summed E-state index contributed by atoms with van der Waals surface area (Å²) in [6.07, 6.45) is 2.18. The monoisotopic (exact) mass is 305 g/mol. The van der Waals surface area contributed by atoms with Gasteiger partial charge in [0.1, 0.15) is 18.1 Å². The van der Waals surface area contributed by atoms with Gasteiger partial charge in [-0.3, -0.25) is 4.79 Å². The molecule has 2 aromatic carbocycles. The Hall–Kier alpha value is -2.60. The van der Waals surface area contributed by atoms with Gasteiger partial charge in [0.2, 0.25) is 0 Å². The van der Waals surface area contributed by atoms with Crippen LogP contribution in [0.25, 0.3) is 0 Å². The Kier molecular flexibility index (Phi) is 4.43. The summed E-state index contributed by atoms with van der Waals surface area (Å²) in [5.74, 6) is 1.02. The highest BCUT2D eigenvalue weighted by molar-refractivity contribution is 5.80. The second kappa shape index (κ2) is 6.66. The van der Waals surface area contributed by atoms with E-state index < -0.39 is 5.41 Å². The van der Waals surface area contributed by atoms with E-state index in [9.17, 15) is 10.1 Å². The van der Waals surface area contributed by atoms with Crippen LogP contribution in [0.5, 0.6) is 5.75 Å². The van der Waals surface area contributed by atoms with Crippen LogP contribution in [0.15, 0.2) is 54.6 Å². The van der Waals surface area contributed by atoms with E-state index in [1.165, 1.54) is 0 Å². The van der Waals surface area contributed by atoms with Gasteiger partial charge in [-0.05, 0) is 36.1 Å². The van der Waals surface area contributed by atoms with Crippen molar-refractivity contribution in [3.63, 3.8) is 0 Å². The molecule has 0 amide bonds. The van der Waals surface area contributed by atoms with Crippen LogP contribution in [0.3, 0.4) is 0 Å². The van der Waals surface area contributed by atoms with Gasteiger partial charge in [-0.2, -0.15) is 5.26 Å². The highest BCUT2D eigenvalue weighted by atomic mass is 16.5. The molecule has 0 unspecified atom stereocenters. The molecule has 3 nitrogen and oxygen atoms in total. The number of ketones is 1. The van der Waals surface area contributed by atoms with Crippen molar-refractivity contribution >= 4 is 5.78 Å². The number of ether oxygens (including phenoxy) is 1. The number of Topliss-reactive ketones (excluding diaryl/α,β-unsaturated/α-hetero) is 1. The van der Waals surface area contributed by atoms with Crippen molar-refractivity contribution in [3.05, 3.63) is 65.7 Å². The van der Waals surface area contributed by atoms with Crippen molar-refractivity contribution in [1.82, 2.24) is 0 Å². The first kappa shape index (κ1) is 15.3. The Morgan fingerprint density at radius 2 is 1.78 bits per heavy atom. The van der Waals surface area contributed by atoms with Crippen LogP contribution in [0.2, 0.25) is 0 Å². The largest absolute Gasteiger partial charge is 0.489 e. The number of carbonyl (C=O) groups is 1. The third-order valence-electron chi connectivity index (χ3n) is 4.51. The van der Waals surface area contributed by atoms with Gasteiger partial charge in [-0.1, -0.05) is 42.5 Å². The van der Waals surface area contributed by atoms with Crippen LogP contribution in [0, 0.1) is 11.3 Å². The number of carbonyl (C=O) groups excluding carboxylic acids is 1. The number of nitrogens with zero attached hydrogens (tertiary/aromatic N) is 1. The van der Waals surface area contributed by atoms with Crippen molar-refractivity contribution in [1.29, 1.82) is 5.26 Å². The van der Waals surface area contributed by atoms with E-state index >= 15 is 0 Å². The molecule has 0 N–H and O–H groups in total. The van der Waals surface area contributed by atoms with Gasteiger partial charge >= 0.3 is 0 Å². The minimum Gasteiger partial charge on any atom is -0.489 e. The van der Waals surface area contributed by atoms with Gasteiger partial charge in [-0.25, -0.2) is 0 Å². The van der Waals surface area contributed by atoms with Crippen molar-refractivity contribution < 1.29 is 9.53 Å². The lowest BCUT2D eigenvalue weighted by Crippen LogP contribution is -2.30. The summed E-state index contributed by atoms with van der Waals surface area (Å²) >= 11 is 0. The fraction of sp³-hybridized carbons (Fsp3) is 0.300. The molecule has 0 spiro atoms. The second-order valence-electron chi connectivity index (χ2n) is 6.03. The van der Waals surface area contributed by atoms with Crippen LogP contribution < -0.4 is 4.74 Å². The zero-order chi connectivity index (χ0) is 16.1. The molecular formula is C20H19NO2. The van der Waals surface area contributed by atoms with E-state index in [1.54, 1.807) is 0 Å². The van der Waals surface area contributed by atoms with Crippen molar-refractivity contribution in [2.75, 3.05) is 0 Å².